The molecular formula is C22H26N4O4S2. The number of benzene rings is 1. The van der Waals surface area contributed by atoms with Crippen molar-refractivity contribution < 1.29 is 17.7 Å². The van der Waals surface area contributed by atoms with Crippen molar-refractivity contribution in [1.29, 1.82) is 0 Å². The van der Waals surface area contributed by atoms with Gasteiger partial charge in [0.05, 0.1) is 9.77 Å². The van der Waals surface area contributed by atoms with Crippen molar-refractivity contribution >= 4 is 33.0 Å². The van der Waals surface area contributed by atoms with Crippen LogP contribution in [0.1, 0.15) is 36.1 Å². The molecule has 10 heteroatoms. The maximum Gasteiger partial charge on any atom is 0.244 e. The first-order valence-electron chi connectivity index (χ1n) is 10.6. The number of hydrogen-bond donors (Lipinski definition) is 1. The van der Waals surface area contributed by atoms with Crippen LogP contribution >= 0.6 is 11.3 Å². The Labute approximate surface area is 191 Å². The average Bonchev–Trinajstić information content (AvgIpc) is 3.40. The number of aromatic nitrogens is 2. The number of amides is 1. The number of rotatable bonds is 6. The monoisotopic (exact) mass is 474 g/mol. The molecule has 1 fully saturated rings. The highest BCUT2D eigenvalue weighted by atomic mass is 32.2. The lowest BCUT2D eigenvalue weighted by atomic mass is 9.97. The van der Waals surface area contributed by atoms with E-state index in [2.05, 4.69) is 22.4 Å². The molecule has 170 valence electrons. The molecule has 1 aliphatic heterocycles. The Morgan fingerprint density at radius 3 is 2.50 bits per heavy atom. The molecule has 0 bridgehead atoms. The van der Waals surface area contributed by atoms with Crippen LogP contribution in [0.3, 0.4) is 0 Å². The molecule has 0 radical (unpaired) electrons. The second-order valence-corrected chi connectivity index (χ2v) is 11.0. The summed E-state index contributed by atoms with van der Waals surface area (Å²) in [7, 11) is -3.66. The third-order valence-corrected chi connectivity index (χ3v) is 8.89. The van der Waals surface area contributed by atoms with Crippen LogP contribution in [-0.4, -0.2) is 41.9 Å². The van der Waals surface area contributed by atoms with Crippen LogP contribution in [-0.2, 0) is 21.2 Å². The summed E-state index contributed by atoms with van der Waals surface area (Å²) >= 11 is 1.33. The fraction of sp³-hybridized carbons (Fsp3) is 0.409. The van der Waals surface area contributed by atoms with Crippen LogP contribution in [0.25, 0.3) is 10.7 Å². The van der Waals surface area contributed by atoms with Gasteiger partial charge in [-0.05, 0) is 49.9 Å². The van der Waals surface area contributed by atoms with Gasteiger partial charge in [-0.15, -0.1) is 11.3 Å². The van der Waals surface area contributed by atoms with Crippen LogP contribution in [0.15, 0.2) is 39.8 Å². The number of piperidine rings is 1. The van der Waals surface area contributed by atoms with Crippen molar-refractivity contribution in [3.63, 3.8) is 0 Å². The summed E-state index contributed by atoms with van der Waals surface area (Å²) in [6.07, 6.45) is 1.91. The average molecular weight is 475 g/mol. The molecule has 1 saturated heterocycles. The third kappa shape index (κ3) is 4.62. The van der Waals surface area contributed by atoms with Crippen LogP contribution in [0, 0.1) is 19.8 Å². The number of carbonyl (C=O) groups is 1. The Kier molecular flexibility index (Phi) is 6.45. The lowest BCUT2D eigenvalue weighted by Gasteiger charge is -2.30. The van der Waals surface area contributed by atoms with Gasteiger partial charge in [-0.3, -0.25) is 4.79 Å². The van der Waals surface area contributed by atoms with E-state index in [9.17, 15) is 13.2 Å². The van der Waals surface area contributed by atoms with Gasteiger partial charge in [0.15, 0.2) is 0 Å². The van der Waals surface area contributed by atoms with Crippen LogP contribution in [0.5, 0.6) is 0 Å². The lowest BCUT2D eigenvalue weighted by molar-refractivity contribution is -0.120. The Balaban J connectivity index is 1.41. The third-order valence-electron chi connectivity index (χ3n) is 5.69. The summed E-state index contributed by atoms with van der Waals surface area (Å²) in [6, 6.07) is 9.41. The molecule has 0 spiro atoms. The molecule has 0 aliphatic carbocycles. The Bertz CT molecular complexity index is 1210. The van der Waals surface area contributed by atoms with Gasteiger partial charge in [-0.25, -0.2) is 8.42 Å². The molecule has 3 heterocycles. The van der Waals surface area contributed by atoms with E-state index in [1.165, 1.54) is 21.2 Å². The molecule has 1 aromatic carbocycles. The van der Waals surface area contributed by atoms with Crippen LogP contribution in [0.2, 0.25) is 0 Å². The predicted octanol–water partition coefficient (Wildman–Crippen LogP) is 4.02. The highest BCUT2D eigenvalue weighted by molar-refractivity contribution is 7.89. The van der Waals surface area contributed by atoms with Crippen molar-refractivity contribution in [2.75, 3.05) is 18.4 Å². The van der Waals surface area contributed by atoms with Gasteiger partial charge in [-0.2, -0.15) is 9.29 Å². The zero-order valence-corrected chi connectivity index (χ0v) is 19.9. The predicted molar refractivity (Wildman–Crippen MR) is 123 cm³/mol. The van der Waals surface area contributed by atoms with E-state index in [0.717, 1.165) is 12.1 Å². The maximum atomic E-state index is 13.3. The van der Waals surface area contributed by atoms with Gasteiger partial charge in [0.2, 0.25) is 27.6 Å². The van der Waals surface area contributed by atoms with E-state index in [1.54, 1.807) is 19.9 Å². The van der Waals surface area contributed by atoms with Gasteiger partial charge in [0, 0.05) is 36.5 Å². The van der Waals surface area contributed by atoms with Crippen molar-refractivity contribution in [2.45, 2.75) is 44.9 Å². The molecular weight excluding hydrogens is 448 g/mol. The second kappa shape index (κ2) is 9.13. The second-order valence-electron chi connectivity index (χ2n) is 7.89. The summed E-state index contributed by atoms with van der Waals surface area (Å²) in [5.74, 6) is 0.540. The first-order chi connectivity index (χ1) is 15.3. The number of anilines is 1. The van der Waals surface area contributed by atoms with Crippen LogP contribution in [0.4, 0.5) is 5.69 Å². The first-order valence-corrected chi connectivity index (χ1v) is 12.8. The summed E-state index contributed by atoms with van der Waals surface area (Å²) in [6.45, 7) is 6.16. The minimum atomic E-state index is -3.66. The van der Waals surface area contributed by atoms with E-state index in [4.69, 9.17) is 4.52 Å². The van der Waals surface area contributed by atoms with E-state index < -0.39 is 10.0 Å². The summed E-state index contributed by atoms with van der Waals surface area (Å²) in [5, 5.41) is 6.83. The molecule has 3 aromatic rings. The molecule has 0 saturated carbocycles. The Hall–Kier alpha value is -2.56. The molecule has 1 aliphatic rings. The summed E-state index contributed by atoms with van der Waals surface area (Å²) in [5.41, 5.74) is 1.98. The molecule has 32 heavy (non-hydrogen) atoms. The molecule has 1 N–H and O–H groups in total. The molecule has 0 atom stereocenters. The van der Waals surface area contributed by atoms with E-state index >= 15 is 0 Å². The van der Waals surface area contributed by atoms with Gasteiger partial charge in [0.25, 0.3) is 0 Å². The van der Waals surface area contributed by atoms with Crippen LogP contribution < -0.4 is 5.32 Å². The number of carbonyl (C=O) groups excluding carboxylic acids is 1. The Morgan fingerprint density at radius 1 is 1.22 bits per heavy atom. The smallest absolute Gasteiger partial charge is 0.244 e. The molecule has 1 amide bonds. The SMILES string of the molecule is CCc1ccc(NC(=O)C2CCN(S(=O)(=O)c3cc(-c4noc(C)n4)sc3C)CC2)cc1. The van der Waals surface area contributed by atoms with E-state index in [-0.39, 0.29) is 16.7 Å². The number of aryl methyl sites for hydroxylation is 3. The topological polar surface area (TPSA) is 105 Å². The molecule has 2 aromatic heterocycles. The van der Waals surface area contributed by atoms with E-state index in [0.29, 0.717) is 47.4 Å². The lowest BCUT2D eigenvalue weighted by Crippen LogP contribution is -2.41. The summed E-state index contributed by atoms with van der Waals surface area (Å²) in [4.78, 5) is 18.4. The summed E-state index contributed by atoms with van der Waals surface area (Å²) < 4.78 is 33.0. The van der Waals surface area contributed by atoms with Gasteiger partial charge >= 0.3 is 0 Å². The normalized spacial score (nSPS) is 15.7. The number of nitrogens with zero attached hydrogens (tertiary/aromatic N) is 3. The number of hydrogen-bond acceptors (Lipinski definition) is 7. The first kappa shape index (κ1) is 22.6. The zero-order chi connectivity index (χ0) is 22.9. The van der Waals surface area contributed by atoms with Crippen molar-refractivity contribution in [2.24, 2.45) is 5.92 Å². The van der Waals surface area contributed by atoms with Crippen molar-refractivity contribution in [3.8, 4) is 10.7 Å². The van der Waals surface area contributed by atoms with Gasteiger partial charge in [-0.1, -0.05) is 24.2 Å². The number of sulfonamides is 1. The highest BCUT2D eigenvalue weighted by Crippen LogP contribution is 2.35. The molecule has 8 nitrogen and oxygen atoms in total. The van der Waals surface area contributed by atoms with Crippen molar-refractivity contribution in [1.82, 2.24) is 14.4 Å². The van der Waals surface area contributed by atoms with E-state index in [1.807, 2.05) is 24.3 Å². The maximum absolute atomic E-state index is 13.3. The standard InChI is InChI=1S/C22H26N4O4S2/c1-4-16-5-7-18(8-6-16)24-22(27)17-9-11-26(12-10-17)32(28,29)20-13-19(31-14(20)2)21-23-15(3)30-25-21/h5-8,13,17H,4,9-12H2,1-3H3,(H,24,27). The minimum absolute atomic E-state index is 0.0622. The van der Waals surface area contributed by atoms with Crippen molar-refractivity contribution in [3.05, 3.63) is 46.7 Å². The molecule has 4 rings (SSSR count). The van der Waals surface area contributed by atoms with Gasteiger partial charge in [0.1, 0.15) is 0 Å². The fourth-order valence-corrected chi connectivity index (χ4v) is 6.75. The number of thiophene rings is 1. The fourth-order valence-electron chi connectivity index (χ4n) is 3.80. The highest BCUT2D eigenvalue weighted by Gasteiger charge is 2.34. The minimum Gasteiger partial charge on any atom is -0.339 e. The zero-order valence-electron chi connectivity index (χ0n) is 18.3. The largest absolute Gasteiger partial charge is 0.339 e. The number of nitrogens with one attached hydrogen (secondary N) is 1. The van der Waals surface area contributed by atoms with Gasteiger partial charge < -0.3 is 9.84 Å². The molecule has 0 unspecified atom stereocenters. The quantitative estimate of drug-likeness (QED) is 0.579. The Morgan fingerprint density at radius 2 is 1.91 bits per heavy atom.